The average Bonchev–Trinajstić information content (AvgIpc) is 0.811. The molecule has 0 heterocycles. The maximum atomic E-state index is 8.48. The summed E-state index contributed by atoms with van der Waals surface area (Å²) >= 11 is 0. The van der Waals surface area contributed by atoms with Crippen molar-refractivity contribution in [3.05, 3.63) is 0 Å². The Hall–Kier alpha value is 0.828. The van der Waals surface area contributed by atoms with Crippen molar-refractivity contribution in [2.24, 2.45) is 0 Å². The van der Waals surface area contributed by atoms with Crippen molar-refractivity contribution in [2.45, 2.75) is 0 Å². The van der Waals surface area contributed by atoms with Crippen LogP contribution in [0.1, 0.15) is 0 Å². The molecule has 3 N–H and O–H groups in total. The van der Waals surface area contributed by atoms with Gasteiger partial charge in [0.1, 0.15) is 0 Å². The molecule has 0 aromatic heterocycles. The molecule has 0 aromatic carbocycles. The van der Waals surface area contributed by atoms with E-state index in [0.29, 0.717) is 0 Å². The monoisotopic (exact) mass is 171 g/mol. The van der Waals surface area contributed by atoms with Gasteiger partial charge >= 0.3 is 18.0 Å². The summed E-state index contributed by atoms with van der Waals surface area (Å²) in [5.41, 5.74) is 0. The van der Waals surface area contributed by atoms with Crippen molar-refractivity contribution in [3.63, 3.8) is 0 Å². The summed E-state index contributed by atoms with van der Waals surface area (Å²) < 4.78 is 0. The molecule has 0 saturated heterocycles. The van der Waals surface area contributed by atoms with Gasteiger partial charge in [0.25, 0.3) is 0 Å². The second-order valence-corrected chi connectivity index (χ2v) is 0.671. The molecule has 0 aliphatic carbocycles. The van der Waals surface area contributed by atoms with Gasteiger partial charge in [-0.1, -0.05) is 0 Å². The van der Waals surface area contributed by atoms with Crippen LogP contribution in [-0.4, -0.2) is 18.0 Å². The first kappa shape index (κ1) is 15.8. The van der Waals surface area contributed by atoms with Crippen molar-refractivity contribution in [2.75, 3.05) is 0 Å². The van der Waals surface area contributed by atoms with Crippen LogP contribution in [0.5, 0.6) is 0 Å². The van der Waals surface area contributed by atoms with Crippen LogP contribution in [0.4, 0.5) is 0 Å². The van der Waals surface area contributed by atoms with Gasteiger partial charge in [0.15, 0.2) is 0 Å². The minimum atomic E-state index is -3.37. The molecule has 0 unspecified atom stereocenters. The molecule has 2 radical (unpaired) electrons. The van der Waals surface area contributed by atoms with Crippen LogP contribution in [0.2, 0.25) is 0 Å². The molecule has 0 saturated carbocycles. The third kappa shape index (κ3) is 103. The van der Waals surface area contributed by atoms with E-state index < -0.39 is 8.60 Å². The molecule has 0 fully saturated rings. The molecule has 6 heavy (non-hydrogen) atoms. The van der Waals surface area contributed by atoms with Crippen molar-refractivity contribution in [1.29, 1.82) is 0 Å². The number of hydrogen-bond donors (Lipinski definition) is 1. The molecule has 0 aliphatic heterocycles. The summed E-state index contributed by atoms with van der Waals surface area (Å²) in [6.07, 6.45) is 0. The molecule has 0 bridgehead atoms. The summed E-state index contributed by atoms with van der Waals surface area (Å²) in [6, 6.07) is 0. The SMILES string of the molecule is N.[As+3].[O-]P([O-])[O-]. The maximum absolute atomic E-state index is 8.48. The molecule has 0 aromatic rings. The molecule has 0 amide bonds. The van der Waals surface area contributed by atoms with Crippen molar-refractivity contribution in [3.8, 4) is 0 Å². The summed E-state index contributed by atoms with van der Waals surface area (Å²) in [4.78, 5) is 25.4. The minimum absolute atomic E-state index is 0. The first-order valence-corrected chi connectivity index (χ1v) is 1.64. The van der Waals surface area contributed by atoms with Gasteiger partial charge in [-0.2, -0.15) is 0 Å². The van der Waals surface area contributed by atoms with Crippen LogP contribution in [0, 0.1) is 0 Å². The Balaban J connectivity index is -0.0000000450. The van der Waals surface area contributed by atoms with Gasteiger partial charge in [0.2, 0.25) is 0 Å². The van der Waals surface area contributed by atoms with E-state index in [-0.39, 0.29) is 24.1 Å². The zero-order chi connectivity index (χ0) is 3.58. The van der Waals surface area contributed by atoms with Crippen LogP contribution in [0.3, 0.4) is 0 Å². The smallest absolute Gasteiger partial charge is 0.854 e. The van der Waals surface area contributed by atoms with Crippen LogP contribution in [0.15, 0.2) is 0 Å². The van der Waals surface area contributed by atoms with Crippen LogP contribution < -0.4 is 20.8 Å². The molecular weight excluding hydrogens is 168 g/mol. The Bertz CT molecular complexity index is 15.5. The van der Waals surface area contributed by atoms with E-state index in [9.17, 15) is 0 Å². The van der Waals surface area contributed by atoms with Crippen LogP contribution in [0.25, 0.3) is 0 Å². The van der Waals surface area contributed by atoms with E-state index >= 15 is 0 Å². The predicted molar refractivity (Wildman–Crippen MR) is 17.7 cm³/mol. The van der Waals surface area contributed by atoms with Crippen LogP contribution in [-0.2, 0) is 0 Å². The topological polar surface area (TPSA) is 104 Å². The van der Waals surface area contributed by atoms with Crippen LogP contribution >= 0.6 is 8.60 Å². The van der Waals surface area contributed by atoms with E-state index in [1.165, 1.54) is 0 Å². The third-order valence-electron chi connectivity index (χ3n) is 0. The number of rotatable bonds is 0. The zero-order valence-corrected chi connectivity index (χ0v) is 5.60. The number of hydrogen-bond acceptors (Lipinski definition) is 4. The van der Waals surface area contributed by atoms with Gasteiger partial charge in [-0.3, -0.25) is 0 Å². The van der Waals surface area contributed by atoms with Gasteiger partial charge in [-0.25, -0.2) is 0 Å². The molecule has 0 spiro atoms. The fraction of sp³-hybridized carbons (Fsp3) is 0. The normalized spacial score (nSPS) is 6.00. The quantitative estimate of drug-likeness (QED) is 0.311. The Kier molecular flexibility index (Phi) is 24.5. The Morgan fingerprint density at radius 2 is 1.00 bits per heavy atom. The molecule has 0 atom stereocenters. The van der Waals surface area contributed by atoms with Gasteiger partial charge in [-0.05, 0) is 0 Å². The van der Waals surface area contributed by atoms with Gasteiger partial charge in [0.05, 0.1) is 0 Å². The van der Waals surface area contributed by atoms with E-state index in [1.807, 2.05) is 0 Å². The Labute approximate surface area is 48.1 Å². The summed E-state index contributed by atoms with van der Waals surface area (Å²) in [5.74, 6) is 0. The Morgan fingerprint density at radius 1 is 1.00 bits per heavy atom. The largest absolute Gasteiger partial charge is 3.00 e. The van der Waals surface area contributed by atoms with E-state index in [4.69, 9.17) is 14.7 Å². The minimum Gasteiger partial charge on any atom is -0.854 e. The van der Waals surface area contributed by atoms with Crippen molar-refractivity contribution < 1.29 is 14.7 Å². The zero-order valence-electron chi connectivity index (χ0n) is 2.83. The summed E-state index contributed by atoms with van der Waals surface area (Å²) in [5, 5.41) is 0. The van der Waals surface area contributed by atoms with Gasteiger partial charge in [0, 0.05) is 0 Å². The molecule has 6 heteroatoms. The first-order chi connectivity index (χ1) is 1.73. The predicted octanol–water partition coefficient (Wildman–Crippen LogP) is -2.92. The fourth-order valence-corrected chi connectivity index (χ4v) is 0. The summed E-state index contributed by atoms with van der Waals surface area (Å²) in [7, 11) is -3.37. The summed E-state index contributed by atoms with van der Waals surface area (Å²) in [6.45, 7) is 0. The molecular formula is H3AsNO3P. The molecule has 0 rings (SSSR count). The van der Waals surface area contributed by atoms with E-state index in [1.54, 1.807) is 0 Å². The van der Waals surface area contributed by atoms with Crippen molar-refractivity contribution >= 4 is 26.6 Å². The maximum Gasteiger partial charge on any atom is 3.00 e. The standard InChI is InChI=1S/As.H3N.O3P/c;;1-4(2)3/h;1H3;/q+3;;-3. The second kappa shape index (κ2) is 9.27. The molecule has 36 valence electrons. The molecule has 4 nitrogen and oxygen atoms in total. The van der Waals surface area contributed by atoms with E-state index in [0.717, 1.165) is 0 Å². The molecule has 0 aliphatic rings. The second-order valence-electron chi connectivity index (χ2n) is 0.224. The van der Waals surface area contributed by atoms with Crippen molar-refractivity contribution in [1.82, 2.24) is 6.15 Å². The van der Waals surface area contributed by atoms with Gasteiger partial charge in [-0.15, -0.1) is 0 Å². The average molecular weight is 171 g/mol. The fourth-order valence-electron chi connectivity index (χ4n) is 0. The van der Waals surface area contributed by atoms with Gasteiger partial charge < -0.3 is 29.4 Å². The Morgan fingerprint density at radius 3 is 1.00 bits per heavy atom. The first-order valence-electron chi connectivity index (χ1n) is 0.548. The van der Waals surface area contributed by atoms with E-state index in [2.05, 4.69) is 0 Å². The third-order valence-corrected chi connectivity index (χ3v) is 0.